The molecule has 0 aliphatic carbocycles. The lowest BCUT2D eigenvalue weighted by Crippen LogP contribution is -2.10. The number of aryl methyl sites for hydroxylation is 1. The SMILES string of the molecule is COc1ccccc1OCCOc1ccc(C)cc1CO. The highest BCUT2D eigenvalue weighted by Crippen LogP contribution is 2.25. The van der Waals surface area contributed by atoms with E-state index >= 15 is 0 Å². The molecular weight excluding hydrogens is 268 g/mol. The fourth-order valence-corrected chi connectivity index (χ4v) is 2.01. The molecule has 0 spiro atoms. The van der Waals surface area contributed by atoms with Crippen molar-refractivity contribution in [3.63, 3.8) is 0 Å². The van der Waals surface area contributed by atoms with Gasteiger partial charge in [0.05, 0.1) is 13.7 Å². The average Bonchev–Trinajstić information content (AvgIpc) is 2.52. The van der Waals surface area contributed by atoms with Crippen LogP contribution in [-0.4, -0.2) is 25.4 Å². The molecule has 2 aromatic rings. The summed E-state index contributed by atoms with van der Waals surface area (Å²) in [5, 5.41) is 9.32. The molecule has 21 heavy (non-hydrogen) atoms. The number of aliphatic hydroxyl groups is 1. The molecular formula is C17H20O4. The van der Waals surface area contributed by atoms with E-state index in [0.717, 1.165) is 11.1 Å². The molecule has 0 aliphatic heterocycles. The van der Waals surface area contributed by atoms with E-state index in [1.807, 2.05) is 49.4 Å². The Morgan fingerprint density at radius 1 is 0.905 bits per heavy atom. The van der Waals surface area contributed by atoms with Crippen LogP contribution in [0.25, 0.3) is 0 Å². The number of benzene rings is 2. The van der Waals surface area contributed by atoms with E-state index in [2.05, 4.69) is 0 Å². The van der Waals surface area contributed by atoms with Crippen LogP contribution in [0.3, 0.4) is 0 Å². The third-order valence-electron chi connectivity index (χ3n) is 3.05. The summed E-state index contributed by atoms with van der Waals surface area (Å²) in [6, 6.07) is 13.2. The first-order valence-electron chi connectivity index (χ1n) is 6.83. The van der Waals surface area contributed by atoms with Gasteiger partial charge in [-0.05, 0) is 25.1 Å². The zero-order valence-corrected chi connectivity index (χ0v) is 12.3. The molecule has 1 N–H and O–H groups in total. The average molecular weight is 288 g/mol. The van der Waals surface area contributed by atoms with E-state index in [1.165, 1.54) is 0 Å². The summed E-state index contributed by atoms with van der Waals surface area (Å²) in [6.07, 6.45) is 0. The number of hydrogen-bond acceptors (Lipinski definition) is 4. The van der Waals surface area contributed by atoms with Gasteiger partial charge in [-0.1, -0.05) is 29.8 Å². The summed E-state index contributed by atoms with van der Waals surface area (Å²) in [7, 11) is 1.61. The van der Waals surface area contributed by atoms with Gasteiger partial charge >= 0.3 is 0 Å². The summed E-state index contributed by atoms with van der Waals surface area (Å²) in [6.45, 7) is 2.74. The van der Waals surface area contributed by atoms with E-state index in [0.29, 0.717) is 30.5 Å². The molecule has 0 bridgehead atoms. The number of aliphatic hydroxyl groups excluding tert-OH is 1. The van der Waals surface area contributed by atoms with Gasteiger partial charge in [0.25, 0.3) is 0 Å². The smallest absolute Gasteiger partial charge is 0.161 e. The minimum atomic E-state index is -0.0373. The maximum absolute atomic E-state index is 9.32. The number of ether oxygens (including phenoxy) is 3. The Balaban J connectivity index is 1.87. The highest BCUT2D eigenvalue weighted by molar-refractivity contribution is 5.39. The lowest BCUT2D eigenvalue weighted by atomic mass is 10.1. The number of methoxy groups -OCH3 is 1. The molecule has 0 aliphatic rings. The molecule has 112 valence electrons. The highest BCUT2D eigenvalue weighted by atomic mass is 16.5. The van der Waals surface area contributed by atoms with Gasteiger partial charge in [-0.15, -0.1) is 0 Å². The van der Waals surface area contributed by atoms with Gasteiger partial charge in [0.2, 0.25) is 0 Å². The van der Waals surface area contributed by atoms with Crippen molar-refractivity contribution in [2.75, 3.05) is 20.3 Å². The van der Waals surface area contributed by atoms with Crippen LogP contribution in [0.2, 0.25) is 0 Å². The molecule has 0 amide bonds. The van der Waals surface area contributed by atoms with Crippen molar-refractivity contribution in [3.8, 4) is 17.2 Å². The lowest BCUT2D eigenvalue weighted by Gasteiger charge is -2.13. The molecule has 0 saturated heterocycles. The van der Waals surface area contributed by atoms with Crippen LogP contribution in [0, 0.1) is 6.92 Å². The second-order valence-electron chi connectivity index (χ2n) is 4.62. The molecule has 0 unspecified atom stereocenters. The van der Waals surface area contributed by atoms with E-state index < -0.39 is 0 Å². The van der Waals surface area contributed by atoms with Crippen molar-refractivity contribution in [1.82, 2.24) is 0 Å². The van der Waals surface area contributed by atoms with Gasteiger partial charge in [0, 0.05) is 5.56 Å². The first-order valence-corrected chi connectivity index (χ1v) is 6.83. The molecule has 0 aromatic heterocycles. The third-order valence-corrected chi connectivity index (χ3v) is 3.05. The molecule has 4 heteroatoms. The van der Waals surface area contributed by atoms with Gasteiger partial charge in [-0.3, -0.25) is 0 Å². The molecule has 4 nitrogen and oxygen atoms in total. The van der Waals surface area contributed by atoms with Crippen molar-refractivity contribution in [3.05, 3.63) is 53.6 Å². The molecule has 0 saturated carbocycles. The first-order chi connectivity index (χ1) is 10.2. The minimum absolute atomic E-state index is 0.0373. The zero-order valence-electron chi connectivity index (χ0n) is 12.3. The summed E-state index contributed by atoms with van der Waals surface area (Å²) in [5.74, 6) is 2.07. The molecule has 0 heterocycles. The summed E-state index contributed by atoms with van der Waals surface area (Å²) < 4.78 is 16.5. The Hall–Kier alpha value is -2.20. The zero-order chi connectivity index (χ0) is 15.1. The van der Waals surface area contributed by atoms with Crippen LogP contribution in [0.5, 0.6) is 17.2 Å². The molecule has 2 aromatic carbocycles. The van der Waals surface area contributed by atoms with Crippen molar-refractivity contribution in [1.29, 1.82) is 0 Å². The normalized spacial score (nSPS) is 10.2. The minimum Gasteiger partial charge on any atom is -0.493 e. The monoisotopic (exact) mass is 288 g/mol. The maximum Gasteiger partial charge on any atom is 0.161 e. The van der Waals surface area contributed by atoms with Crippen LogP contribution < -0.4 is 14.2 Å². The molecule has 0 radical (unpaired) electrons. The van der Waals surface area contributed by atoms with Gasteiger partial charge in [0.1, 0.15) is 19.0 Å². The van der Waals surface area contributed by atoms with Crippen molar-refractivity contribution in [2.24, 2.45) is 0 Å². The Labute approximate surface area is 124 Å². The predicted octanol–water partition coefficient (Wildman–Crippen LogP) is 2.95. The van der Waals surface area contributed by atoms with E-state index in [9.17, 15) is 5.11 Å². The van der Waals surface area contributed by atoms with Gasteiger partial charge in [-0.25, -0.2) is 0 Å². The standard InChI is InChI=1S/C17H20O4/c1-13-7-8-15(14(11-13)12-18)20-9-10-21-17-6-4-3-5-16(17)19-2/h3-8,11,18H,9-10,12H2,1-2H3. The third kappa shape index (κ3) is 4.13. The Bertz CT molecular complexity index is 581. The van der Waals surface area contributed by atoms with Crippen LogP contribution in [-0.2, 0) is 6.61 Å². The summed E-state index contributed by atoms with van der Waals surface area (Å²) in [5.41, 5.74) is 1.88. The highest BCUT2D eigenvalue weighted by Gasteiger charge is 2.05. The van der Waals surface area contributed by atoms with Crippen LogP contribution in [0.4, 0.5) is 0 Å². The number of rotatable bonds is 7. The van der Waals surface area contributed by atoms with E-state index in [-0.39, 0.29) is 6.61 Å². The van der Waals surface area contributed by atoms with Gasteiger partial charge < -0.3 is 19.3 Å². The second-order valence-corrected chi connectivity index (χ2v) is 4.62. The van der Waals surface area contributed by atoms with Crippen molar-refractivity contribution >= 4 is 0 Å². The van der Waals surface area contributed by atoms with Crippen LogP contribution >= 0.6 is 0 Å². The fraction of sp³-hybridized carbons (Fsp3) is 0.294. The van der Waals surface area contributed by atoms with Gasteiger partial charge in [-0.2, -0.15) is 0 Å². The second kappa shape index (κ2) is 7.55. The van der Waals surface area contributed by atoms with Gasteiger partial charge in [0.15, 0.2) is 11.5 Å². The number of para-hydroxylation sites is 2. The maximum atomic E-state index is 9.32. The van der Waals surface area contributed by atoms with E-state index in [1.54, 1.807) is 7.11 Å². The predicted molar refractivity (Wildman–Crippen MR) is 81.1 cm³/mol. The van der Waals surface area contributed by atoms with Crippen molar-refractivity contribution < 1.29 is 19.3 Å². The van der Waals surface area contributed by atoms with E-state index in [4.69, 9.17) is 14.2 Å². The first kappa shape index (κ1) is 15.2. The van der Waals surface area contributed by atoms with Crippen molar-refractivity contribution in [2.45, 2.75) is 13.5 Å². The number of hydrogen-bond donors (Lipinski definition) is 1. The largest absolute Gasteiger partial charge is 0.493 e. The Morgan fingerprint density at radius 2 is 1.57 bits per heavy atom. The summed E-state index contributed by atoms with van der Waals surface area (Å²) in [4.78, 5) is 0. The molecule has 0 fully saturated rings. The Morgan fingerprint density at radius 3 is 2.24 bits per heavy atom. The van der Waals surface area contributed by atoms with Crippen LogP contribution in [0.1, 0.15) is 11.1 Å². The topological polar surface area (TPSA) is 47.9 Å². The fourth-order valence-electron chi connectivity index (χ4n) is 2.01. The molecule has 2 rings (SSSR count). The summed E-state index contributed by atoms with van der Waals surface area (Å²) >= 11 is 0. The van der Waals surface area contributed by atoms with Crippen LogP contribution in [0.15, 0.2) is 42.5 Å². The Kier molecular flexibility index (Phi) is 5.46. The molecule has 0 atom stereocenters. The lowest BCUT2D eigenvalue weighted by molar-refractivity contribution is 0.205. The quantitative estimate of drug-likeness (QED) is 0.796.